The van der Waals surface area contributed by atoms with Crippen LogP contribution < -0.4 is 9.62 Å². The molecule has 1 amide bonds. The van der Waals surface area contributed by atoms with Crippen LogP contribution in [0.1, 0.15) is 17.5 Å². The average Bonchev–Trinajstić information content (AvgIpc) is 2.55. The molecule has 0 unspecified atom stereocenters. The third-order valence-corrected chi connectivity index (χ3v) is 4.73. The molecule has 0 spiro atoms. The minimum atomic E-state index is -3.50. The molecule has 1 N–H and O–H groups in total. The molecular formula is C18H19N3O3S. The number of nitrogens with zero attached hydrogens (tertiary/aromatic N) is 2. The number of rotatable bonds is 6. The molecule has 0 fully saturated rings. The number of sulfonamides is 1. The van der Waals surface area contributed by atoms with E-state index in [1.54, 1.807) is 36.4 Å². The predicted octanol–water partition coefficient (Wildman–Crippen LogP) is 2.66. The number of hydrogen-bond donors (Lipinski definition) is 1. The molecule has 0 saturated carbocycles. The summed E-state index contributed by atoms with van der Waals surface area (Å²) >= 11 is 0. The topological polar surface area (TPSA) is 90.3 Å². The van der Waals surface area contributed by atoms with E-state index < -0.39 is 10.0 Å². The summed E-state index contributed by atoms with van der Waals surface area (Å²) in [5, 5.41) is 11.5. The van der Waals surface area contributed by atoms with Crippen LogP contribution in [0.25, 0.3) is 0 Å². The first-order valence-corrected chi connectivity index (χ1v) is 9.49. The smallest absolute Gasteiger partial charge is 0.232 e. The van der Waals surface area contributed by atoms with Crippen molar-refractivity contribution in [1.29, 1.82) is 5.26 Å². The van der Waals surface area contributed by atoms with Crippen LogP contribution in [0.15, 0.2) is 48.5 Å². The Labute approximate surface area is 147 Å². The summed E-state index contributed by atoms with van der Waals surface area (Å²) in [4.78, 5) is 12.1. The van der Waals surface area contributed by atoms with Crippen molar-refractivity contribution in [2.45, 2.75) is 13.3 Å². The van der Waals surface area contributed by atoms with Gasteiger partial charge in [0.2, 0.25) is 15.9 Å². The van der Waals surface area contributed by atoms with Crippen LogP contribution in [-0.4, -0.2) is 27.1 Å². The van der Waals surface area contributed by atoms with Gasteiger partial charge in [-0.25, -0.2) is 8.42 Å². The molecule has 0 radical (unpaired) electrons. The minimum Gasteiger partial charge on any atom is -0.326 e. The predicted molar refractivity (Wildman–Crippen MR) is 97.8 cm³/mol. The third-order valence-electron chi connectivity index (χ3n) is 3.54. The lowest BCUT2D eigenvalue weighted by Gasteiger charge is -2.22. The Bertz CT molecular complexity index is 900. The maximum absolute atomic E-state index is 12.1. The van der Waals surface area contributed by atoms with Crippen LogP contribution in [0, 0.1) is 18.3 Å². The van der Waals surface area contributed by atoms with Crippen molar-refractivity contribution in [3.05, 3.63) is 59.7 Å². The van der Waals surface area contributed by atoms with E-state index in [0.717, 1.165) is 11.8 Å². The lowest BCUT2D eigenvalue weighted by molar-refractivity contribution is -0.116. The molecule has 0 saturated heterocycles. The lowest BCUT2D eigenvalue weighted by Crippen LogP contribution is -2.33. The maximum atomic E-state index is 12.1. The summed E-state index contributed by atoms with van der Waals surface area (Å²) in [6, 6.07) is 15.6. The highest BCUT2D eigenvalue weighted by atomic mass is 32.2. The Hall–Kier alpha value is -2.85. The van der Waals surface area contributed by atoms with E-state index in [9.17, 15) is 13.2 Å². The highest BCUT2D eigenvalue weighted by Gasteiger charge is 2.18. The van der Waals surface area contributed by atoms with Gasteiger partial charge in [-0.1, -0.05) is 23.8 Å². The highest BCUT2D eigenvalue weighted by molar-refractivity contribution is 7.92. The first kappa shape index (κ1) is 18.5. The summed E-state index contributed by atoms with van der Waals surface area (Å²) in [6.07, 6.45) is 1.11. The second-order valence-electron chi connectivity index (χ2n) is 5.66. The quantitative estimate of drug-likeness (QED) is 0.860. The Kier molecular flexibility index (Phi) is 5.78. The number of hydrogen-bond acceptors (Lipinski definition) is 4. The van der Waals surface area contributed by atoms with Gasteiger partial charge in [0.25, 0.3) is 0 Å². The van der Waals surface area contributed by atoms with Crippen molar-refractivity contribution < 1.29 is 13.2 Å². The molecule has 6 nitrogen and oxygen atoms in total. The summed E-state index contributed by atoms with van der Waals surface area (Å²) in [5.74, 6) is -0.323. The fraction of sp³-hybridized carbons (Fsp3) is 0.222. The molecule has 0 bridgehead atoms. The van der Waals surface area contributed by atoms with Gasteiger partial charge in [-0.2, -0.15) is 5.26 Å². The SMILES string of the molecule is Cc1ccc(N(CCC(=O)Nc2cccc(C#N)c2)S(C)(=O)=O)cc1. The molecule has 25 heavy (non-hydrogen) atoms. The number of carbonyl (C=O) groups is 1. The van der Waals surface area contributed by atoms with Crippen LogP contribution in [0.3, 0.4) is 0 Å². The van der Waals surface area contributed by atoms with E-state index in [4.69, 9.17) is 5.26 Å². The fourth-order valence-electron chi connectivity index (χ4n) is 2.29. The van der Waals surface area contributed by atoms with E-state index >= 15 is 0 Å². The van der Waals surface area contributed by atoms with E-state index in [-0.39, 0.29) is 18.9 Å². The molecule has 0 aliphatic rings. The molecule has 0 aromatic heterocycles. The molecule has 0 aliphatic heterocycles. The molecule has 2 rings (SSSR count). The standard InChI is InChI=1S/C18H19N3O3S/c1-14-6-8-17(9-7-14)21(25(2,23)24)11-10-18(22)20-16-5-3-4-15(12-16)13-19/h3-9,12H,10-11H2,1-2H3,(H,20,22). The van der Waals surface area contributed by atoms with Crippen LogP contribution in [-0.2, 0) is 14.8 Å². The molecule has 0 heterocycles. The highest BCUT2D eigenvalue weighted by Crippen LogP contribution is 2.19. The lowest BCUT2D eigenvalue weighted by atomic mass is 10.2. The average molecular weight is 357 g/mol. The van der Waals surface area contributed by atoms with Gasteiger partial charge in [-0.3, -0.25) is 9.10 Å². The van der Waals surface area contributed by atoms with Crippen molar-refractivity contribution in [3.63, 3.8) is 0 Å². The maximum Gasteiger partial charge on any atom is 0.232 e. The van der Waals surface area contributed by atoms with Crippen molar-refractivity contribution in [3.8, 4) is 6.07 Å². The number of nitrogens with one attached hydrogen (secondary N) is 1. The number of amides is 1. The second-order valence-corrected chi connectivity index (χ2v) is 7.57. The zero-order chi connectivity index (χ0) is 18.4. The zero-order valence-corrected chi connectivity index (χ0v) is 14.9. The summed E-state index contributed by atoms with van der Waals surface area (Å²) in [7, 11) is -3.50. The number of aryl methyl sites for hydroxylation is 1. The summed E-state index contributed by atoms with van der Waals surface area (Å²) in [6.45, 7) is 1.95. The van der Waals surface area contributed by atoms with Gasteiger partial charge in [0.15, 0.2) is 0 Å². The molecular weight excluding hydrogens is 338 g/mol. The molecule has 0 aliphatic carbocycles. The normalized spacial score (nSPS) is 10.8. The van der Waals surface area contributed by atoms with E-state index in [0.29, 0.717) is 16.9 Å². The van der Waals surface area contributed by atoms with Crippen molar-refractivity contribution in [2.75, 3.05) is 22.4 Å². The largest absolute Gasteiger partial charge is 0.326 e. The Morgan fingerprint density at radius 2 is 1.88 bits per heavy atom. The van der Waals surface area contributed by atoms with Crippen molar-refractivity contribution >= 4 is 27.3 Å². The number of benzene rings is 2. The van der Waals surface area contributed by atoms with Gasteiger partial charge < -0.3 is 5.32 Å². The van der Waals surface area contributed by atoms with Gasteiger partial charge in [0, 0.05) is 18.7 Å². The van der Waals surface area contributed by atoms with Crippen LogP contribution in [0.2, 0.25) is 0 Å². The minimum absolute atomic E-state index is 0.00225. The Balaban J connectivity index is 2.06. The number of nitriles is 1. The zero-order valence-electron chi connectivity index (χ0n) is 14.1. The molecule has 0 atom stereocenters. The fourth-order valence-corrected chi connectivity index (χ4v) is 3.22. The van der Waals surface area contributed by atoms with E-state index in [2.05, 4.69) is 5.32 Å². The van der Waals surface area contributed by atoms with E-state index in [1.807, 2.05) is 25.1 Å². The number of anilines is 2. The molecule has 2 aromatic carbocycles. The Morgan fingerprint density at radius 3 is 2.48 bits per heavy atom. The Morgan fingerprint density at radius 1 is 1.20 bits per heavy atom. The second kappa shape index (κ2) is 7.81. The van der Waals surface area contributed by atoms with Gasteiger partial charge in [-0.05, 0) is 37.3 Å². The van der Waals surface area contributed by atoms with Crippen molar-refractivity contribution in [1.82, 2.24) is 0 Å². The van der Waals surface area contributed by atoms with Gasteiger partial charge in [-0.15, -0.1) is 0 Å². The van der Waals surface area contributed by atoms with Gasteiger partial charge in [0.05, 0.1) is 23.6 Å². The van der Waals surface area contributed by atoms with Crippen LogP contribution in [0.5, 0.6) is 0 Å². The van der Waals surface area contributed by atoms with Crippen LogP contribution >= 0.6 is 0 Å². The van der Waals surface area contributed by atoms with E-state index in [1.165, 1.54) is 4.31 Å². The summed E-state index contributed by atoms with van der Waals surface area (Å²) in [5.41, 5.74) is 2.49. The van der Waals surface area contributed by atoms with Gasteiger partial charge >= 0.3 is 0 Å². The molecule has 130 valence electrons. The van der Waals surface area contributed by atoms with Gasteiger partial charge in [0.1, 0.15) is 0 Å². The number of carbonyl (C=O) groups excluding carboxylic acids is 1. The summed E-state index contributed by atoms with van der Waals surface area (Å²) < 4.78 is 25.3. The van der Waals surface area contributed by atoms with Crippen molar-refractivity contribution in [2.24, 2.45) is 0 Å². The first-order valence-electron chi connectivity index (χ1n) is 7.64. The molecule has 2 aromatic rings. The van der Waals surface area contributed by atoms with Crippen LogP contribution in [0.4, 0.5) is 11.4 Å². The molecule has 7 heteroatoms. The monoisotopic (exact) mass is 357 g/mol. The third kappa shape index (κ3) is 5.33. The first-order chi connectivity index (χ1) is 11.8.